The number of benzene rings is 1. The smallest absolute Gasteiger partial charge is 0.350 e. The number of rotatable bonds is 11. The van der Waals surface area contributed by atoms with E-state index in [1.54, 1.807) is 37.5 Å². The Morgan fingerprint density at radius 1 is 1.18 bits per heavy atom. The summed E-state index contributed by atoms with van der Waals surface area (Å²) in [5.74, 6) is -0.201. The lowest BCUT2D eigenvalue weighted by atomic mass is 9.72. The van der Waals surface area contributed by atoms with Crippen LogP contribution in [-0.4, -0.2) is 72.5 Å². The highest BCUT2D eigenvalue weighted by molar-refractivity contribution is 6.32. The van der Waals surface area contributed by atoms with Crippen LogP contribution in [0, 0.1) is 11.8 Å². The van der Waals surface area contributed by atoms with Gasteiger partial charge in [0.25, 0.3) is 5.60 Å². The summed E-state index contributed by atoms with van der Waals surface area (Å²) in [6.45, 7) is 7.82. The van der Waals surface area contributed by atoms with Gasteiger partial charge in [-0.2, -0.15) is 0 Å². The van der Waals surface area contributed by atoms with Crippen LogP contribution in [0.15, 0.2) is 71.4 Å². The molecule has 0 radical (unpaired) electrons. The number of hydrogen-bond donors (Lipinski definition) is 4. The van der Waals surface area contributed by atoms with Crippen molar-refractivity contribution in [2.45, 2.75) is 82.1 Å². The number of carbonyl (C=O) groups excluding carboxylic acids is 3. The number of nitrogens with one attached hydrogen (secondary N) is 3. The average Bonchev–Trinajstić information content (AvgIpc) is 3.86. The first-order valence-corrected chi connectivity index (χ1v) is 17.5. The Kier molecular flexibility index (Phi) is 9.77. The summed E-state index contributed by atoms with van der Waals surface area (Å²) in [4.78, 5) is 51.1. The molecule has 49 heavy (non-hydrogen) atoms. The second kappa shape index (κ2) is 13.9. The fourth-order valence-corrected chi connectivity index (χ4v) is 7.94. The molecule has 2 aliphatic carbocycles. The molecule has 0 bridgehead atoms. The molecule has 2 saturated heterocycles. The van der Waals surface area contributed by atoms with E-state index >= 15 is 0 Å². The van der Waals surface area contributed by atoms with Crippen LogP contribution in [0.5, 0.6) is 0 Å². The topological polar surface area (TPSA) is 160 Å². The summed E-state index contributed by atoms with van der Waals surface area (Å²) in [5, 5.41) is 10.4. The number of pyridine rings is 1. The zero-order valence-electron chi connectivity index (χ0n) is 28.9. The maximum absolute atomic E-state index is 14.2. The fraction of sp³-hybridized carbons (Fsp3) is 0.500. The molecule has 1 aromatic heterocycles. The molecule has 2 aromatic rings. The number of aromatic nitrogens is 1. The number of fused-ring (bicyclic) bond motifs is 2. The van der Waals surface area contributed by atoms with Gasteiger partial charge in [-0.3, -0.25) is 14.6 Å². The molecule has 11 nitrogen and oxygen atoms in total. The number of ketones is 2. The van der Waals surface area contributed by atoms with Gasteiger partial charge in [0.1, 0.15) is 5.82 Å². The van der Waals surface area contributed by atoms with Gasteiger partial charge in [0.05, 0.1) is 12.1 Å². The molecule has 1 aromatic carbocycles. The number of ether oxygens (including phenoxy) is 2. The van der Waals surface area contributed by atoms with Crippen molar-refractivity contribution in [3.8, 4) is 0 Å². The first kappa shape index (κ1) is 34.5. The molecule has 4 aliphatic rings. The Hall–Kier alpha value is -4.35. The van der Waals surface area contributed by atoms with Crippen molar-refractivity contribution in [1.29, 1.82) is 0 Å². The molecule has 260 valence electrons. The third-order valence-electron chi connectivity index (χ3n) is 10.6. The highest BCUT2D eigenvalue weighted by Gasteiger charge is 2.85. The van der Waals surface area contributed by atoms with Crippen LogP contribution in [0.4, 0.5) is 5.82 Å². The van der Waals surface area contributed by atoms with E-state index in [-0.39, 0.29) is 41.9 Å². The number of aliphatic imine (C=N–C) groups is 1. The molecule has 0 saturated carbocycles. The molecule has 0 spiro atoms. The summed E-state index contributed by atoms with van der Waals surface area (Å²) in [7, 11) is 1.73. The summed E-state index contributed by atoms with van der Waals surface area (Å²) >= 11 is 0. The predicted octanol–water partition coefficient (Wildman–Crippen LogP) is 4.26. The first-order valence-electron chi connectivity index (χ1n) is 17.5. The number of guanidine groups is 1. The van der Waals surface area contributed by atoms with Crippen molar-refractivity contribution < 1.29 is 23.9 Å². The van der Waals surface area contributed by atoms with Gasteiger partial charge in [-0.1, -0.05) is 61.9 Å². The number of carbonyl (C=O) groups is 3. The van der Waals surface area contributed by atoms with Gasteiger partial charge in [0.15, 0.2) is 17.3 Å². The lowest BCUT2D eigenvalue weighted by Crippen LogP contribution is -2.51. The van der Waals surface area contributed by atoms with E-state index in [4.69, 9.17) is 15.2 Å². The van der Waals surface area contributed by atoms with E-state index in [1.165, 1.54) is 0 Å². The third-order valence-corrected chi connectivity index (χ3v) is 10.6. The lowest BCUT2D eigenvalue weighted by Gasteiger charge is -2.35. The van der Waals surface area contributed by atoms with Crippen molar-refractivity contribution in [2.24, 2.45) is 16.8 Å². The Balaban J connectivity index is 1.29. The highest BCUT2D eigenvalue weighted by atomic mass is 16.7. The maximum Gasteiger partial charge on any atom is 0.350 e. The lowest BCUT2D eigenvalue weighted by molar-refractivity contribution is -0.149. The van der Waals surface area contributed by atoms with E-state index in [2.05, 4.69) is 45.0 Å². The van der Waals surface area contributed by atoms with Gasteiger partial charge in [-0.05, 0) is 69.2 Å². The fourth-order valence-electron chi connectivity index (χ4n) is 7.94. The van der Waals surface area contributed by atoms with E-state index in [9.17, 15) is 14.4 Å². The SMILES string of the molecule is CCN[C@@H]1C=C[C@@H](CC)C[C@H]1COC(=O)[C@]12O[C@@]1(C/C=C(\C)C[C@]1(c3ccnc(N)c3)CCCNC(=NC)N1)C(=O)c1ccccc1C2=O. The molecular weight excluding hydrogens is 620 g/mol. The number of epoxide rings is 1. The van der Waals surface area contributed by atoms with Gasteiger partial charge in [0.2, 0.25) is 5.78 Å². The number of Topliss-reactive ketones (excluding diaryl/α,β-unsaturated/α-hetero) is 2. The number of nitrogens with zero attached hydrogens (tertiary/aromatic N) is 2. The standard InChI is InChI=1S/C38H48N6O5/c1-5-25-12-13-30(41-6-2)26(20-25)23-48-34(47)38-33(46)29-11-8-7-10-28(29)32(45)37(38,49-38)17-14-24(3)22-36(27-15-19-42-31(39)21-27)16-9-18-43-35(40-4)44-36/h7-8,10-15,19,21,25-26,30,41H,5-6,9,16-18,20,22-23H2,1-4H3,(H2,39,42)(H2,40,43,44)/b24-14+/t25-,26+,30-,36+,37+,38+/m1/s1. The Morgan fingerprint density at radius 2 is 1.96 bits per heavy atom. The van der Waals surface area contributed by atoms with Crippen LogP contribution in [0.3, 0.4) is 0 Å². The number of nitrogen functional groups attached to an aromatic ring is 1. The van der Waals surface area contributed by atoms with E-state index in [1.807, 2.05) is 32.1 Å². The zero-order valence-corrected chi connectivity index (χ0v) is 28.9. The summed E-state index contributed by atoms with van der Waals surface area (Å²) in [6, 6.07) is 10.5. The summed E-state index contributed by atoms with van der Waals surface area (Å²) in [6.07, 6.45) is 12.1. The van der Waals surface area contributed by atoms with Gasteiger partial charge in [0, 0.05) is 49.3 Å². The van der Waals surface area contributed by atoms with Crippen LogP contribution in [0.25, 0.3) is 0 Å². The Morgan fingerprint density at radius 3 is 2.67 bits per heavy atom. The van der Waals surface area contributed by atoms with Gasteiger partial charge >= 0.3 is 5.97 Å². The molecule has 0 unspecified atom stereocenters. The molecule has 6 rings (SSSR count). The van der Waals surface area contributed by atoms with Crippen molar-refractivity contribution in [3.05, 3.63) is 83.1 Å². The summed E-state index contributed by atoms with van der Waals surface area (Å²) < 4.78 is 12.1. The number of allylic oxidation sites excluding steroid dienone is 1. The highest BCUT2D eigenvalue weighted by Crippen LogP contribution is 2.58. The van der Waals surface area contributed by atoms with Gasteiger partial charge in [-0.15, -0.1) is 0 Å². The number of hydrogen-bond acceptors (Lipinski definition) is 9. The average molecular weight is 669 g/mol. The normalized spacial score (nSPS) is 31.6. The van der Waals surface area contributed by atoms with Crippen molar-refractivity contribution >= 4 is 29.3 Å². The number of esters is 1. The third kappa shape index (κ3) is 6.18. The minimum Gasteiger partial charge on any atom is -0.463 e. The van der Waals surface area contributed by atoms with Crippen molar-refractivity contribution in [3.63, 3.8) is 0 Å². The number of anilines is 1. The van der Waals surface area contributed by atoms with Crippen molar-refractivity contribution in [1.82, 2.24) is 20.9 Å². The van der Waals surface area contributed by atoms with E-state index in [0.717, 1.165) is 49.9 Å². The van der Waals surface area contributed by atoms with Crippen LogP contribution >= 0.6 is 0 Å². The van der Waals surface area contributed by atoms with Crippen LogP contribution in [0.1, 0.15) is 85.6 Å². The molecule has 5 N–H and O–H groups in total. The van der Waals surface area contributed by atoms with Gasteiger partial charge in [-0.25, -0.2) is 9.78 Å². The van der Waals surface area contributed by atoms with Crippen LogP contribution in [0.2, 0.25) is 0 Å². The minimum atomic E-state index is -2.03. The first-order chi connectivity index (χ1) is 23.6. The largest absolute Gasteiger partial charge is 0.463 e. The number of likely N-dealkylation sites (N-methyl/N-ethyl adjacent to an activating group) is 1. The molecule has 2 aliphatic heterocycles. The quantitative estimate of drug-likeness (QED) is 0.118. The maximum atomic E-state index is 14.2. The Bertz CT molecular complexity index is 1700. The second-order valence-corrected chi connectivity index (χ2v) is 13.8. The predicted molar refractivity (Wildman–Crippen MR) is 188 cm³/mol. The van der Waals surface area contributed by atoms with Crippen LogP contribution in [-0.2, 0) is 19.8 Å². The Labute approximate surface area is 288 Å². The van der Waals surface area contributed by atoms with Crippen LogP contribution < -0.4 is 21.7 Å². The summed E-state index contributed by atoms with van der Waals surface area (Å²) in [5.41, 5.74) is 4.21. The molecule has 0 amide bonds. The zero-order chi connectivity index (χ0) is 34.8. The van der Waals surface area contributed by atoms with E-state index < -0.39 is 28.5 Å². The van der Waals surface area contributed by atoms with Crippen molar-refractivity contribution in [2.75, 3.05) is 32.5 Å². The molecule has 6 atom stereocenters. The molecule has 11 heteroatoms. The molecule has 3 heterocycles. The minimum absolute atomic E-state index is 0.0312. The molecule has 2 fully saturated rings. The second-order valence-electron chi connectivity index (χ2n) is 13.8. The van der Waals surface area contributed by atoms with E-state index in [0.29, 0.717) is 24.1 Å². The van der Waals surface area contributed by atoms with Gasteiger partial charge < -0.3 is 31.2 Å². The monoisotopic (exact) mass is 668 g/mol. The molecular formula is C38H48N6O5. The number of nitrogens with two attached hydrogens (primary N) is 1.